The van der Waals surface area contributed by atoms with Crippen molar-refractivity contribution in [3.8, 4) is 0 Å². The lowest BCUT2D eigenvalue weighted by Gasteiger charge is -2.36. The van der Waals surface area contributed by atoms with Crippen molar-refractivity contribution in [1.29, 1.82) is 0 Å². The zero-order valence-electron chi connectivity index (χ0n) is 11.0. The van der Waals surface area contributed by atoms with E-state index in [2.05, 4.69) is 12.2 Å². The molecule has 1 saturated carbocycles. The number of hydrogen-bond acceptors (Lipinski definition) is 3. The second-order valence-electron chi connectivity index (χ2n) is 5.47. The van der Waals surface area contributed by atoms with Gasteiger partial charge in [0, 0.05) is 5.54 Å². The Balaban J connectivity index is 2.25. The molecule has 0 aromatic heterocycles. The van der Waals surface area contributed by atoms with E-state index in [-0.39, 0.29) is 11.2 Å². The molecule has 5 heteroatoms. The molecule has 1 aliphatic rings. The van der Waals surface area contributed by atoms with Gasteiger partial charge in [-0.15, -0.1) is 0 Å². The molecule has 0 radical (unpaired) electrons. The van der Waals surface area contributed by atoms with Crippen LogP contribution in [0.2, 0.25) is 0 Å². The fraction of sp³-hybridized carbons (Fsp3) is 0.500. The van der Waals surface area contributed by atoms with Crippen LogP contribution in [0.3, 0.4) is 0 Å². The number of nitrogens with two attached hydrogens (primary N) is 1. The Morgan fingerprint density at radius 3 is 2.58 bits per heavy atom. The normalized spacial score (nSPS) is 18.0. The van der Waals surface area contributed by atoms with Gasteiger partial charge in [-0.2, -0.15) is 0 Å². The summed E-state index contributed by atoms with van der Waals surface area (Å²) in [6.45, 7) is 2.09. The molecule has 4 N–H and O–H groups in total. The molecule has 19 heavy (non-hydrogen) atoms. The quantitative estimate of drug-likeness (QED) is 0.734. The van der Waals surface area contributed by atoms with Crippen LogP contribution >= 0.6 is 0 Å². The van der Waals surface area contributed by atoms with Crippen molar-refractivity contribution in [2.45, 2.75) is 44.6 Å². The fourth-order valence-corrected chi connectivity index (χ4v) is 2.64. The lowest BCUT2D eigenvalue weighted by molar-refractivity contribution is 0.0692. The van der Waals surface area contributed by atoms with Crippen LogP contribution in [-0.2, 0) is 0 Å². The van der Waals surface area contributed by atoms with Crippen molar-refractivity contribution in [1.82, 2.24) is 0 Å². The Morgan fingerprint density at radius 1 is 1.37 bits per heavy atom. The van der Waals surface area contributed by atoms with Crippen molar-refractivity contribution in [2.24, 2.45) is 0 Å². The predicted molar refractivity (Wildman–Crippen MR) is 72.9 cm³/mol. The Labute approximate surface area is 111 Å². The molecule has 1 aromatic carbocycles. The highest BCUT2D eigenvalue weighted by atomic mass is 19.1. The molecule has 0 heterocycles. The molecule has 0 atom stereocenters. The highest BCUT2D eigenvalue weighted by Crippen LogP contribution is 2.33. The number of anilines is 2. The van der Waals surface area contributed by atoms with E-state index in [1.54, 1.807) is 0 Å². The topological polar surface area (TPSA) is 75.3 Å². The van der Waals surface area contributed by atoms with Crippen LogP contribution in [0.5, 0.6) is 0 Å². The van der Waals surface area contributed by atoms with Crippen LogP contribution in [-0.4, -0.2) is 16.6 Å². The average molecular weight is 266 g/mol. The highest BCUT2D eigenvalue weighted by molar-refractivity contribution is 5.90. The lowest BCUT2D eigenvalue weighted by atomic mass is 9.83. The number of hydrogen-bond donors (Lipinski definition) is 3. The molecule has 1 aromatic rings. The molecule has 1 fully saturated rings. The van der Waals surface area contributed by atoms with Crippen LogP contribution in [0, 0.1) is 5.82 Å². The molecule has 4 nitrogen and oxygen atoms in total. The van der Waals surface area contributed by atoms with Gasteiger partial charge in [0.25, 0.3) is 0 Å². The molecule has 0 bridgehead atoms. The Bertz CT molecular complexity index is 496. The molecule has 104 valence electrons. The van der Waals surface area contributed by atoms with Crippen molar-refractivity contribution in [2.75, 3.05) is 11.1 Å². The minimum Gasteiger partial charge on any atom is -0.478 e. The minimum absolute atomic E-state index is 0.0937. The van der Waals surface area contributed by atoms with E-state index in [4.69, 9.17) is 10.8 Å². The van der Waals surface area contributed by atoms with Crippen molar-refractivity contribution >= 4 is 17.3 Å². The SMILES string of the molecule is CC1(Nc2cc(F)c(C(=O)O)cc2N)CCCCC1. The standard InChI is InChI=1S/C14H19FN2O2/c1-14(5-3-2-4-6-14)17-12-8-10(15)9(13(18)19)7-11(12)16/h7-8,17H,2-6,16H2,1H3,(H,18,19). The van der Waals surface area contributed by atoms with Gasteiger partial charge in [0.1, 0.15) is 5.82 Å². The summed E-state index contributed by atoms with van der Waals surface area (Å²) in [6, 6.07) is 2.35. The van der Waals surface area contributed by atoms with Gasteiger partial charge in [0.05, 0.1) is 16.9 Å². The number of rotatable bonds is 3. The number of carboxylic acid groups (broad SMARTS) is 1. The van der Waals surface area contributed by atoms with E-state index in [9.17, 15) is 9.18 Å². The van der Waals surface area contributed by atoms with E-state index in [0.29, 0.717) is 5.69 Å². The zero-order valence-corrected chi connectivity index (χ0v) is 11.0. The van der Waals surface area contributed by atoms with Crippen LogP contribution < -0.4 is 11.1 Å². The number of aromatic carboxylic acids is 1. The fourth-order valence-electron chi connectivity index (χ4n) is 2.64. The summed E-state index contributed by atoms with van der Waals surface area (Å²) in [5, 5.41) is 12.1. The molecule has 0 amide bonds. The molecular weight excluding hydrogens is 247 g/mol. The van der Waals surface area contributed by atoms with Crippen molar-refractivity contribution in [3.05, 3.63) is 23.5 Å². The summed E-state index contributed by atoms with van der Waals surface area (Å²) < 4.78 is 13.7. The van der Waals surface area contributed by atoms with E-state index < -0.39 is 17.3 Å². The van der Waals surface area contributed by atoms with Crippen LogP contribution in [0.1, 0.15) is 49.4 Å². The van der Waals surface area contributed by atoms with Gasteiger partial charge >= 0.3 is 5.97 Å². The first-order valence-electron chi connectivity index (χ1n) is 6.52. The van der Waals surface area contributed by atoms with Gasteiger partial charge in [-0.25, -0.2) is 9.18 Å². The Morgan fingerprint density at radius 2 is 2.00 bits per heavy atom. The number of halogens is 1. The van der Waals surface area contributed by atoms with E-state index in [0.717, 1.165) is 25.7 Å². The third-order valence-electron chi connectivity index (χ3n) is 3.76. The second kappa shape index (κ2) is 5.07. The van der Waals surface area contributed by atoms with Gasteiger partial charge < -0.3 is 16.2 Å². The maximum atomic E-state index is 13.7. The van der Waals surface area contributed by atoms with E-state index in [1.807, 2.05) is 0 Å². The zero-order chi connectivity index (χ0) is 14.0. The monoisotopic (exact) mass is 266 g/mol. The Hall–Kier alpha value is -1.78. The van der Waals surface area contributed by atoms with Gasteiger partial charge in [-0.05, 0) is 31.9 Å². The van der Waals surface area contributed by atoms with Crippen LogP contribution in [0.25, 0.3) is 0 Å². The van der Waals surface area contributed by atoms with Gasteiger partial charge in [0.2, 0.25) is 0 Å². The Kier molecular flexibility index (Phi) is 3.64. The first-order chi connectivity index (χ1) is 8.91. The van der Waals surface area contributed by atoms with E-state index >= 15 is 0 Å². The molecule has 0 saturated heterocycles. The summed E-state index contributed by atoms with van der Waals surface area (Å²) in [6.07, 6.45) is 5.51. The number of carboxylic acids is 1. The highest BCUT2D eigenvalue weighted by Gasteiger charge is 2.27. The lowest BCUT2D eigenvalue weighted by Crippen LogP contribution is -2.37. The number of nitrogens with one attached hydrogen (secondary N) is 1. The number of carbonyl (C=O) groups is 1. The number of benzene rings is 1. The molecule has 1 aliphatic carbocycles. The number of nitrogen functional groups attached to an aromatic ring is 1. The summed E-state index contributed by atoms with van der Waals surface area (Å²) in [4.78, 5) is 10.8. The van der Waals surface area contributed by atoms with Gasteiger partial charge in [0.15, 0.2) is 0 Å². The van der Waals surface area contributed by atoms with Crippen LogP contribution in [0.15, 0.2) is 12.1 Å². The first-order valence-corrected chi connectivity index (χ1v) is 6.52. The maximum absolute atomic E-state index is 13.7. The van der Waals surface area contributed by atoms with Gasteiger partial charge in [-0.1, -0.05) is 19.3 Å². The third kappa shape index (κ3) is 2.97. The molecule has 2 rings (SSSR count). The van der Waals surface area contributed by atoms with Crippen LogP contribution in [0.4, 0.5) is 15.8 Å². The summed E-state index contributed by atoms with van der Waals surface area (Å²) in [5.74, 6) is -2.07. The van der Waals surface area contributed by atoms with Crippen molar-refractivity contribution < 1.29 is 14.3 Å². The first kappa shape index (κ1) is 13.6. The third-order valence-corrected chi connectivity index (χ3v) is 3.76. The van der Waals surface area contributed by atoms with E-state index in [1.165, 1.54) is 18.6 Å². The smallest absolute Gasteiger partial charge is 0.338 e. The molecule has 0 unspecified atom stereocenters. The minimum atomic E-state index is -1.31. The van der Waals surface area contributed by atoms with Crippen molar-refractivity contribution in [3.63, 3.8) is 0 Å². The predicted octanol–water partition coefficient (Wildman–Crippen LogP) is 3.24. The molecular formula is C14H19FN2O2. The summed E-state index contributed by atoms with van der Waals surface area (Å²) >= 11 is 0. The molecule has 0 aliphatic heterocycles. The largest absolute Gasteiger partial charge is 0.478 e. The summed E-state index contributed by atoms with van der Waals surface area (Å²) in [7, 11) is 0. The maximum Gasteiger partial charge on any atom is 0.338 e. The summed E-state index contributed by atoms with van der Waals surface area (Å²) in [5.41, 5.74) is 6.07. The second-order valence-corrected chi connectivity index (χ2v) is 5.47. The van der Waals surface area contributed by atoms with Gasteiger partial charge in [-0.3, -0.25) is 0 Å². The molecule has 0 spiro atoms. The average Bonchev–Trinajstić information content (AvgIpc) is 2.33.